The van der Waals surface area contributed by atoms with Crippen LogP contribution in [-0.2, 0) is 4.79 Å². The average Bonchev–Trinajstić information content (AvgIpc) is 2.88. The summed E-state index contributed by atoms with van der Waals surface area (Å²) in [6, 6.07) is 13.1. The van der Waals surface area contributed by atoms with Gasteiger partial charge in [0.25, 0.3) is 11.8 Å². The van der Waals surface area contributed by atoms with Gasteiger partial charge in [0.2, 0.25) is 5.91 Å². The number of carbonyl (C=O) groups excluding carboxylic acids is 3. The van der Waals surface area contributed by atoms with Gasteiger partial charge in [0.1, 0.15) is 6.04 Å². The SMILES string of the molecule is O=C(NC(C(=O)N1CCCCC1)C1CCN(C(=O)c2ccc(Cl)cc2)CC1)c1ccccc1Cl. The van der Waals surface area contributed by atoms with Gasteiger partial charge in [-0.05, 0) is 74.4 Å². The van der Waals surface area contributed by atoms with Gasteiger partial charge in [-0.2, -0.15) is 0 Å². The van der Waals surface area contributed by atoms with E-state index in [0.717, 1.165) is 19.3 Å². The van der Waals surface area contributed by atoms with E-state index in [1.165, 1.54) is 0 Å². The van der Waals surface area contributed by atoms with Crippen molar-refractivity contribution in [2.75, 3.05) is 26.2 Å². The summed E-state index contributed by atoms with van der Waals surface area (Å²) >= 11 is 12.2. The van der Waals surface area contributed by atoms with Crippen molar-refractivity contribution in [1.29, 1.82) is 0 Å². The van der Waals surface area contributed by atoms with Gasteiger partial charge in [0, 0.05) is 36.8 Å². The molecule has 8 heteroatoms. The van der Waals surface area contributed by atoms with E-state index in [9.17, 15) is 14.4 Å². The highest BCUT2D eigenvalue weighted by atomic mass is 35.5. The third kappa shape index (κ3) is 5.73. The lowest BCUT2D eigenvalue weighted by Gasteiger charge is -2.38. The van der Waals surface area contributed by atoms with Crippen LogP contribution in [0.2, 0.25) is 10.0 Å². The highest BCUT2D eigenvalue weighted by Crippen LogP contribution is 2.26. The minimum absolute atomic E-state index is 0.0393. The smallest absolute Gasteiger partial charge is 0.253 e. The number of halogens is 2. The van der Waals surface area contributed by atoms with E-state index in [2.05, 4.69) is 5.32 Å². The first-order valence-electron chi connectivity index (χ1n) is 11.8. The maximum atomic E-state index is 13.5. The Balaban J connectivity index is 1.47. The van der Waals surface area contributed by atoms with Crippen molar-refractivity contribution in [1.82, 2.24) is 15.1 Å². The number of amides is 3. The summed E-state index contributed by atoms with van der Waals surface area (Å²) in [6.07, 6.45) is 4.33. The molecule has 0 radical (unpaired) electrons. The van der Waals surface area contributed by atoms with Crippen molar-refractivity contribution >= 4 is 40.9 Å². The Kier molecular flexibility index (Phi) is 8.11. The van der Waals surface area contributed by atoms with Gasteiger partial charge in [-0.1, -0.05) is 35.3 Å². The van der Waals surface area contributed by atoms with Gasteiger partial charge in [0.15, 0.2) is 0 Å². The van der Waals surface area contributed by atoms with E-state index in [-0.39, 0.29) is 23.6 Å². The molecule has 2 aromatic rings. The molecule has 0 aromatic heterocycles. The molecule has 2 saturated heterocycles. The molecule has 4 rings (SSSR count). The molecule has 1 atom stereocenters. The summed E-state index contributed by atoms with van der Waals surface area (Å²) in [6.45, 7) is 2.48. The second-order valence-electron chi connectivity index (χ2n) is 8.95. The van der Waals surface area contributed by atoms with Gasteiger partial charge >= 0.3 is 0 Å². The molecule has 34 heavy (non-hydrogen) atoms. The second kappa shape index (κ2) is 11.2. The number of hydrogen-bond donors (Lipinski definition) is 1. The lowest BCUT2D eigenvalue weighted by atomic mass is 9.87. The monoisotopic (exact) mass is 501 g/mol. The molecule has 1 unspecified atom stereocenters. The summed E-state index contributed by atoms with van der Waals surface area (Å²) < 4.78 is 0. The van der Waals surface area contributed by atoms with Gasteiger partial charge in [-0.15, -0.1) is 0 Å². The van der Waals surface area contributed by atoms with Crippen molar-refractivity contribution in [2.45, 2.75) is 38.1 Å². The fourth-order valence-corrected chi connectivity index (χ4v) is 5.12. The standard InChI is InChI=1S/C26H29Cl2N3O3/c27-20-10-8-19(9-11-20)25(33)31-16-12-18(13-17-31)23(26(34)30-14-4-1-5-15-30)29-24(32)21-6-2-3-7-22(21)28/h2-3,6-11,18,23H,1,4-5,12-17H2,(H,29,32). The third-order valence-electron chi connectivity index (χ3n) is 6.73. The molecule has 2 heterocycles. The number of hydrogen-bond acceptors (Lipinski definition) is 3. The molecule has 2 aliphatic rings. The Bertz CT molecular complexity index is 1030. The largest absolute Gasteiger partial charge is 0.341 e. The minimum atomic E-state index is -0.644. The van der Waals surface area contributed by atoms with Crippen molar-refractivity contribution in [3.8, 4) is 0 Å². The second-order valence-corrected chi connectivity index (χ2v) is 9.80. The maximum absolute atomic E-state index is 13.5. The molecule has 3 amide bonds. The number of piperidine rings is 2. The van der Waals surface area contributed by atoms with E-state index < -0.39 is 6.04 Å². The number of nitrogens with zero attached hydrogens (tertiary/aromatic N) is 2. The lowest BCUT2D eigenvalue weighted by molar-refractivity contribution is -0.136. The summed E-state index contributed by atoms with van der Waals surface area (Å²) in [7, 11) is 0. The van der Waals surface area contributed by atoms with E-state index in [1.54, 1.807) is 53.4 Å². The Hall–Kier alpha value is -2.57. The van der Waals surface area contributed by atoms with Crippen LogP contribution in [0.1, 0.15) is 52.8 Å². The quantitative estimate of drug-likeness (QED) is 0.647. The number of likely N-dealkylation sites (tertiary alicyclic amines) is 2. The number of rotatable bonds is 5. The first-order chi connectivity index (χ1) is 16.4. The van der Waals surface area contributed by atoms with Crippen molar-refractivity contribution < 1.29 is 14.4 Å². The molecular weight excluding hydrogens is 473 g/mol. The highest BCUT2D eigenvalue weighted by molar-refractivity contribution is 6.33. The number of nitrogens with one attached hydrogen (secondary N) is 1. The van der Waals surface area contributed by atoms with E-state index in [1.807, 2.05) is 4.90 Å². The normalized spacial score (nSPS) is 17.8. The van der Waals surface area contributed by atoms with E-state index in [0.29, 0.717) is 60.2 Å². The summed E-state index contributed by atoms with van der Waals surface area (Å²) in [5.74, 6) is -0.493. The maximum Gasteiger partial charge on any atom is 0.253 e. The molecule has 2 fully saturated rings. The van der Waals surface area contributed by atoms with Crippen LogP contribution >= 0.6 is 23.2 Å². The molecule has 1 N–H and O–H groups in total. The zero-order valence-corrected chi connectivity index (χ0v) is 20.5. The van der Waals surface area contributed by atoms with Crippen LogP contribution in [0.5, 0.6) is 0 Å². The molecular formula is C26H29Cl2N3O3. The van der Waals surface area contributed by atoms with Gasteiger partial charge in [0.05, 0.1) is 10.6 Å². The molecule has 2 aliphatic heterocycles. The zero-order valence-electron chi connectivity index (χ0n) is 19.0. The van der Waals surface area contributed by atoms with Crippen LogP contribution in [0.3, 0.4) is 0 Å². The van der Waals surface area contributed by atoms with Crippen LogP contribution in [0.15, 0.2) is 48.5 Å². The Morgan fingerprint density at radius 2 is 1.47 bits per heavy atom. The Morgan fingerprint density at radius 1 is 0.824 bits per heavy atom. The minimum Gasteiger partial charge on any atom is -0.341 e. The summed E-state index contributed by atoms with van der Waals surface area (Å²) in [5.41, 5.74) is 0.951. The average molecular weight is 502 g/mol. The number of carbonyl (C=O) groups is 3. The van der Waals surface area contributed by atoms with Gasteiger partial charge < -0.3 is 15.1 Å². The predicted octanol–water partition coefficient (Wildman–Crippen LogP) is 4.66. The Morgan fingerprint density at radius 3 is 2.12 bits per heavy atom. The molecule has 0 spiro atoms. The van der Waals surface area contributed by atoms with Crippen molar-refractivity contribution in [2.24, 2.45) is 5.92 Å². The Labute approximate surface area is 210 Å². The van der Waals surface area contributed by atoms with Crippen LogP contribution < -0.4 is 5.32 Å². The third-order valence-corrected chi connectivity index (χ3v) is 7.31. The molecule has 0 saturated carbocycles. The van der Waals surface area contributed by atoms with Crippen LogP contribution in [0, 0.1) is 5.92 Å². The fourth-order valence-electron chi connectivity index (χ4n) is 4.77. The van der Waals surface area contributed by atoms with Crippen LogP contribution in [0.25, 0.3) is 0 Å². The van der Waals surface area contributed by atoms with Crippen molar-refractivity contribution in [3.63, 3.8) is 0 Å². The summed E-state index contributed by atoms with van der Waals surface area (Å²) in [5, 5.41) is 3.93. The zero-order chi connectivity index (χ0) is 24.1. The van der Waals surface area contributed by atoms with Gasteiger partial charge in [-0.3, -0.25) is 14.4 Å². The van der Waals surface area contributed by atoms with Crippen LogP contribution in [0.4, 0.5) is 0 Å². The first-order valence-corrected chi connectivity index (χ1v) is 12.6. The fraction of sp³-hybridized carbons (Fsp3) is 0.423. The summed E-state index contributed by atoms with van der Waals surface area (Å²) in [4.78, 5) is 43.1. The lowest BCUT2D eigenvalue weighted by Crippen LogP contribution is -2.55. The van der Waals surface area contributed by atoms with Gasteiger partial charge in [-0.25, -0.2) is 0 Å². The van der Waals surface area contributed by atoms with Crippen molar-refractivity contribution in [3.05, 3.63) is 69.7 Å². The van der Waals surface area contributed by atoms with E-state index >= 15 is 0 Å². The van der Waals surface area contributed by atoms with E-state index in [4.69, 9.17) is 23.2 Å². The number of benzene rings is 2. The molecule has 0 aliphatic carbocycles. The predicted molar refractivity (Wildman–Crippen MR) is 133 cm³/mol. The first kappa shape index (κ1) is 24.6. The molecule has 6 nitrogen and oxygen atoms in total. The molecule has 2 aromatic carbocycles. The highest BCUT2D eigenvalue weighted by Gasteiger charge is 2.36. The topological polar surface area (TPSA) is 69.7 Å². The molecule has 180 valence electrons. The van der Waals surface area contributed by atoms with Crippen LogP contribution in [-0.4, -0.2) is 59.7 Å². The molecule has 0 bridgehead atoms.